The van der Waals surface area contributed by atoms with Crippen LogP contribution in [0.5, 0.6) is 0 Å². The van der Waals surface area contributed by atoms with Crippen LogP contribution in [0.2, 0.25) is 0 Å². The van der Waals surface area contributed by atoms with E-state index in [9.17, 15) is 24.6 Å². The number of amides is 2. The van der Waals surface area contributed by atoms with Gasteiger partial charge in [-0.25, -0.2) is 0 Å². The number of hydrogen-bond acceptors (Lipinski definition) is 5. The number of aliphatic hydroxyl groups excluding tert-OH is 1. The number of fused-ring (bicyclic) bond motifs is 1. The van der Waals surface area contributed by atoms with Crippen LogP contribution < -0.4 is 0 Å². The van der Waals surface area contributed by atoms with Crippen LogP contribution >= 0.6 is 11.8 Å². The van der Waals surface area contributed by atoms with E-state index in [1.165, 1.54) is 16.7 Å². The number of hydrogen-bond donors (Lipinski definition) is 2. The molecule has 3 aliphatic heterocycles. The lowest BCUT2D eigenvalue weighted by Gasteiger charge is -2.40. The Morgan fingerprint density at radius 3 is 2.52 bits per heavy atom. The maximum Gasteiger partial charge on any atom is 0.308 e. The molecule has 0 aromatic heterocycles. The highest BCUT2D eigenvalue weighted by Crippen LogP contribution is 2.72. The smallest absolute Gasteiger partial charge is 0.308 e. The first-order chi connectivity index (χ1) is 15.6. The van der Waals surface area contributed by atoms with E-state index in [0.29, 0.717) is 19.4 Å². The number of nitrogens with zero attached hydrogens (tertiary/aromatic N) is 2. The number of aliphatic hydroxyl groups is 1. The molecule has 4 rings (SSSR count). The van der Waals surface area contributed by atoms with E-state index in [1.54, 1.807) is 11.0 Å². The molecule has 0 radical (unpaired) electrons. The van der Waals surface area contributed by atoms with Crippen LogP contribution in [-0.2, 0) is 14.4 Å². The lowest BCUT2D eigenvalue weighted by molar-refractivity contribution is -0.151. The Balaban J connectivity index is 1.88. The van der Waals surface area contributed by atoms with Crippen LogP contribution in [-0.4, -0.2) is 72.5 Å². The van der Waals surface area contributed by atoms with Crippen molar-refractivity contribution in [2.24, 2.45) is 11.8 Å². The van der Waals surface area contributed by atoms with E-state index in [1.807, 2.05) is 51.1 Å². The van der Waals surface area contributed by atoms with Crippen molar-refractivity contribution in [3.63, 3.8) is 0 Å². The number of carboxylic acid groups (broad SMARTS) is 1. The zero-order valence-electron chi connectivity index (χ0n) is 19.3. The van der Waals surface area contributed by atoms with Crippen LogP contribution in [0.4, 0.5) is 0 Å². The number of thioether (sulfide) groups is 1. The number of carbonyl (C=O) groups excluding carboxylic acids is 2. The molecule has 2 unspecified atom stereocenters. The molecule has 0 aliphatic carbocycles. The first-order valence-electron chi connectivity index (χ1n) is 11.4. The molecule has 0 saturated carbocycles. The Bertz CT molecular complexity index is 969. The van der Waals surface area contributed by atoms with Crippen molar-refractivity contribution < 1.29 is 24.6 Å². The minimum Gasteiger partial charge on any atom is -0.481 e. The maximum atomic E-state index is 14.1. The molecular formula is C25H32N2O5S. The summed E-state index contributed by atoms with van der Waals surface area (Å²) in [6, 6.07) is 7.45. The summed E-state index contributed by atoms with van der Waals surface area (Å²) in [4.78, 5) is 43.7. The summed E-state index contributed by atoms with van der Waals surface area (Å²) in [5.41, 5.74) is 0.722. The molecule has 3 heterocycles. The molecule has 3 saturated heterocycles. The normalized spacial score (nSPS) is 33.3. The van der Waals surface area contributed by atoms with Gasteiger partial charge < -0.3 is 20.0 Å². The van der Waals surface area contributed by atoms with Gasteiger partial charge in [-0.2, -0.15) is 0 Å². The molecule has 2 amide bonds. The molecule has 1 aromatic carbocycles. The quantitative estimate of drug-likeness (QED) is 0.565. The lowest BCUT2D eigenvalue weighted by atomic mass is 9.66. The van der Waals surface area contributed by atoms with Gasteiger partial charge in [-0.15, -0.1) is 18.3 Å². The van der Waals surface area contributed by atoms with Gasteiger partial charge in [-0.05, 0) is 39.2 Å². The first-order valence-corrected chi connectivity index (χ1v) is 12.3. The minimum atomic E-state index is -0.995. The standard InChI is InChI=1S/C25H32N2O5S/c1-5-13-26(15(2)3)22(30)20-25-12-11-24(4,33-25)19(23(31)32)18(25)21(29)27(20)17(14-28)16-9-7-6-8-10-16/h5-10,15,17-20,28H,1,11-14H2,2-4H3,(H,31,32)/t17-,18+,19+,20?,24-,25?/m1/s1. The van der Waals surface area contributed by atoms with Crippen LogP contribution in [0, 0.1) is 11.8 Å². The largest absolute Gasteiger partial charge is 0.481 e. The molecule has 3 fully saturated rings. The van der Waals surface area contributed by atoms with Gasteiger partial charge in [0.05, 0.1) is 29.2 Å². The molecule has 6 atom stereocenters. The number of likely N-dealkylation sites (tertiary alicyclic amines) is 1. The fourth-order valence-electron chi connectivity index (χ4n) is 6.24. The van der Waals surface area contributed by atoms with E-state index in [-0.39, 0.29) is 24.5 Å². The van der Waals surface area contributed by atoms with E-state index in [4.69, 9.17) is 0 Å². The molecule has 8 heteroatoms. The Morgan fingerprint density at radius 1 is 1.30 bits per heavy atom. The van der Waals surface area contributed by atoms with Crippen molar-refractivity contribution in [2.75, 3.05) is 13.2 Å². The monoisotopic (exact) mass is 472 g/mol. The highest BCUT2D eigenvalue weighted by molar-refractivity contribution is 8.02. The van der Waals surface area contributed by atoms with Crippen molar-refractivity contribution in [3.05, 3.63) is 48.6 Å². The van der Waals surface area contributed by atoms with Crippen molar-refractivity contribution >= 4 is 29.5 Å². The second-order valence-corrected chi connectivity index (χ2v) is 11.7. The van der Waals surface area contributed by atoms with Crippen LogP contribution in [0.1, 0.15) is 45.2 Å². The average molecular weight is 473 g/mol. The fourth-order valence-corrected chi connectivity index (χ4v) is 8.57. The molecule has 1 spiro atoms. The number of carbonyl (C=O) groups is 3. The van der Waals surface area contributed by atoms with Crippen LogP contribution in [0.15, 0.2) is 43.0 Å². The van der Waals surface area contributed by atoms with Crippen molar-refractivity contribution in [1.82, 2.24) is 9.80 Å². The number of aliphatic carboxylic acids is 1. The Labute approximate surface area is 198 Å². The van der Waals surface area contributed by atoms with Crippen LogP contribution in [0.3, 0.4) is 0 Å². The summed E-state index contributed by atoms with van der Waals surface area (Å²) in [6.45, 7) is 9.50. The molecule has 2 bridgehead atoms. The third-order valence-corrected chi connectivity index (χ3v) is 9.63. The Kier molecular flexibility index (Phi) is 6.12. The van der Waals surface area contributed by atoms with Crippen LogP contribution in [0.25, 0.3) is 0 Å². The maximum absolute atomic E-state index is 14.1. The number of benzene rings is 1. The highest BCUT2D eigenvalue weighted by Gasteiger charge is 2.78. The van der Waals surface area contributed by atoms with Gasteiger partial charge >= 0.3 is 5.97 Å². The fraction of sp³-hybridized carbons (Fsp3) is 0.560. The summed E-state index contributed by atoms with van der Waals surface area (Å²) in [6.07, 6.45) is 2.89. The molecule has 2 N–H and O–H groups in total. The van der Waals surface area contributed by atoms with Gasteiger partial charge in [-0.1, -0.05) is 36.4 Å². The molecule has 33 heavy (non-hydrogen) atoms. The molecular weight excluding hydrogens is 440 g/mol. The molecule has 3 aliphatic rings. The third kappa shape index (κ3) is 3.41. The van der Waals surface area contributed by atoms with E-state index >= 15 is 0 Å². The summed E-state index contributed by atoms with van der Waals surface area (Å²) >= 11 is 1.50. The van der Waals surface area contributed by atoms with Crippen molar-refractivity contribution in [2.45, 2.75) is 61.2 Å². The molecule has 1 aromatic rings. The third-order valence-electron chi connectivity index (χ3n) is 7.64. The molecule has 178 valence electrons. The predicted molar refractivity (Wildman–Crippen MR) is 127 cm³/mol. The van der Waals surface area contributed by atoms with Gasteiger partial charge in [0.1, 0.15) is 6.04 Å². The van der Waals surface area contributed by atoms with Crippen molar-refractivity contribution in [3.8, 4) is 0 Å². The van der Waals surface area contributed by atoms with E-state index in [2.05, 4.69) is 6.58 Å². The van der Waals surface area contributed by atoms with Crippen molar-refractivity contribution in [1.29, 1.82) is 0 Å². The SMILES string of the molecule is C=CCN(C(=O)C1N([C@H](CO)c2ccccc2)C(=O)[C@@H]2[C@@H](C(=O)O)[C@@]3(C)CCC12S3)C(C)C. The first kappa shape index (κ1) is 23.8. The topological polar surface area (TPSA) is 98.2 Å². The summed E-state index contributed by atoms with van der Waals surface area (Å²) in [5.74, 6) is -3.22. The lowest BCUT2D eigenvalue weighted by Crippen LogP contribution is -2.56. The van der Waals surface area contributed by atoms with E-state index < -0.39 is 39.4 Å². The Hall–Kier alpha value is -2.32. The molecule has 7 nitrogen and oxygen atoms in total. The predicted octanol–water partition coefficient (Wildman–Crippen LogP) is 2.71. The Morgan fingerprint density at radius 2 is 1.97 bits per heavy atom. The summed E-state index contributed by atoms with van der Waals surface area (Å²) in [7, 11) is 0. The van der Waals surface area contributed by atoms with Gasteiger partial charge in [0.15, 0.2) is 0 Å². The average Bonchev–Trinajstić information content (AvgIpc) is 3.34. The number of carboxylic acids is 1. The summed E-state index contributed by atoms with van der Waals surface area (Å²) in [5, 5.41) is 20.5. The van der Waals surface area contributed by atoms with E-state index in [0.717, 1.165) is 5.56 Å². The van der Waals surface area contributed by atoms with Gasteiger partial charge in [0.2, 0.25) is 11.8 Å². The second-order valence-electron chi connectivity index (χ2n) is 9.79. The van der Waals surface area contributed by atoms with Gasteiger partial charge in [0.25, 0.3) is 0 Å². The van der Waals surface area contributed by atoms with Gasteiger partial charge in [-0.3, -0.25) is 14.4 Å². The zero-order valence-corrected chi connectivity index (χ0v) is 20.1. The highest BCUT2D eigenvalue weighted by atomic mass is 32.2. The minimum absolute atomic E-state index is 0.123. The summed E-state index contributed by atoms with van der Waals surface area (Å²) < 4.78 is -1.43. The second kappa shape index (κ2) is 8.47. The van der Waals surface area contributed by atoms with Gasteiger partial charge in [0, 0.05) is 17.3 Å². The number of rotatable bonds is 8. The zero-order chi connectivity index (χ0) is 24.1.